The van der Waals surface area contributed by atoms with Crippen LogP contribution >= 0.6 is 15.9 Å². The number of aromatic nitrogens is 2. The van der Waals surface area contributed by atoms with E-state index in [2.05, 4.69) is 36.1 Å². The molecule has 0 unspecified atom stereocenters. The summed E-state index contributed by atoms with van der Waals surface area (Å²) in [5.74, 6) is -0.553. The number of hydrogen-bond acceptors (Lipinski definition) is 7. The number of halogens is 1. The second-order valence-electron chi connectivity index (χ2n) is 7.74. The number of nitrogens with one attached hydrogen (secondary N) is 1. The van der Waals surface area contributed by atoms with Crippen molar-refractivity contribution in [2.24, 2.45) is 5.41 Å². The van der Waals surface area contributed by atoms with Crippen molar-refractivity contribution in [2.75, 3.05) is 36.4 Å². The van der Waals surface area contributed by atoms with E-state index in [4.69, 9.17) is 4.84 Å². The monoisotopic (exact) mass is 461 g/mol. The summed E-state index contributed by atoms with van der Waals surface area (Å²) < 4.78 is 0.595. The van der Waals surface area contributed by atoms with Crippen molar-refractivity contribution in [3.63, 3.8) is 0 Å². The zero-order valence-corrected chi connectivity index (χ0v) is 18.3. The van der Waals surface area contributed by atoms with Crippen molar-refractivity contribution in [1.29, 1.82) is 0 Å². The molecule has 8 nitrogen and oxygen atoms in total. The van der Waals surface area contributed by atoms with Gasteiger partial charge in [-0.05, 0) is 54.9 Å². The van der Waals surface area contributed by atoms with Crippen LogP contribution in [-0.4, -0.2) is 53.1 Å². The van der Waals surface area contributed by atoms with Crippen molar-refractivity contribution in [1.82, 2.24) is 15.0 Å². The fourth-order valence-corrected chi connectivity index (χ4v) is 3.10. The van der Waals surface area contributed by atoms with E-state index in [9.17, 15) is 9.59 Å². The molecule has 0 atom stereocenters. The van der Waals surface area contributed by atoms with Crippen molar-refractivity contribution < 1.29 is 14.4 Å². The van der Waals surface area contributed by atoms with Crippen molar-refractivity contribution >= 4 is 39.2 Å². The predicted molar refractivity (Wildman–Crippen MR) is 113 cm³/mol. The number of amides is 1. The molecule has 3 heterocycles. The van der Waals surface area contributed by atoms with Crippen LogP contribution in [0.4, 0.5) is 11.4 Å². The minimum absolute atomic E-state index is 0.246. The van der Waals surface area contributed by atoms with Crippen LogP contribution in [0.15, 0.2) is 41.3 Å². The van der Waals surface area contributed by atoms with E-state index >= 15 is 0 Å². The SMILES string of the molecule is CC(C)(C)C(=O)ON1CCN(c2ccncc2NC(=O)c2cccc(Br)n2)CC1. The first kappa shape index (κ1) is 21.2. The minimum atomic E-state index is -0.542. The van der Waals surface area contributed by atoms with Gasteiger partial charge in [-0.15, -0.1) is 5.06 Å². The summed E-state index contributed by atoms with van der Waals surface area (Å²) in [5, 5.41) is 4.58. The average molecular weight is 462 g/mol. The Morgan fingerprint density at radius 3 is 2.52 bits per heavy atom. The maximum Gasteiger partial charge on any atom is 0.330 e. The Morgan fingerprint density at radius 2 is 1.86 bits per heavy atom. The molecule has 1 saturated heterocycles. The summed E-state index contributed by atoms with van der Waals surface area (Å²) in [6.07, 6.45) is 3.31. The van der Waals surface area contributed by atoms with Gasteiger partial charge in [0.05, 0.1) is 36.1 Å². The first-order valence-corrected chi connectivity index (χ1v) is 10.1. The van der Waals surface area contributed by atoms with Crippen LogP contribution in [0.3, 0.4) is 0 Å². The molecular formula is C20H24BrN5O3. The highest BCUT2D eigenvalue weighted by Gasteiger charge is 2.28. The van der Waals surface area contributed by atoms with E-state index in [1.807, 2.05) is 26.8 Å². The third kappa shape index (κ3) is 5.51. The lowest BCUT2D eigenvalue weighted by atomic mass is 9.98. The van der Waals surface area contributed by atoms with E-state index in [-0.39, 0.29) is 11.9 Å². The topological polar surface area (TPSA) is 87.7 Å². The Bertz CT molecular complexity index is 892. The Morgan fingerprint density at radius 1 is 1.14 bits per heavy atom. The predicted octanol–water partition coefficient (Wildman–Crippen LogP) is 3.12. The third-order valence-electron chi connectivity index (χ3n) is 4.40. The van der Waals surface area contributed by atoms with Gasteiger partial charge in [0.25, 0.3) is 5.91 Å². The Labute approximate surface area is 178 Å². The molecule has 0 spiro atoms. The van der Waals surface area contributed by atoms with Gasteiger partial charge in [-0.3, -0.25) is 9.78 Å². The van der Waals surface area contributed by atoms with Gasteiger partial charge in [0.15, 0.2) is 0 Å². The van der Waals surface area contributed by atoms with Crippen molar-refractivity contribution in [3.8, 4) is 0 Å². The van der Waals surface area contributed by atoms with E-state index in [1.165, 1.54) is 0 Å². The number of hydroxylamine groups is 2. The number of anilines is 2. The molecular weight excluding hydrogens is 438 g/mol. The molecule has 9 heteroatoms. The molecule has 154 valence electrons. The Kier molecular flexibility index (Phi) is 6.49. The van der Waals surface area contributed by atoms with E-state index in [0.717, 1.165) is 5.69 Å². The molecule has 1 aliphatic rings. The van der Waals surface area contributed by atoms with Crippen LogP contribution in [0.2, 0.25) is 0 Å². The third-order valence-corrected chi connectivity index (χ3v) is 4.84. The summed E-state index contributed by atoms with van der Waals surface area (Å²) >= 11 is 3.28. The number of rotatable bonds is 4. The van der Waals surface area contributed by atoms with Crippen molar-refractivity contribution in [2.45, 2.75) is 20.8 Å². The van der Waals surface area contributed by atoms with Crippen LogP contribution in [-0.2, 0) is 9.63 Å². The van der Waals surface area contributed by atoms with Gasteiger partial charge in [0.2, 0.25) is 0 Å². The highest BCUT2D eigenvalue weighted by Crippen LogP contribution is 2.26. The molecule has 2 aromatic rings. The highest BCUT2D eigenvalue weighted by molar-refractivity contribution is 9.10. The number of pyridine rings is 2. The van der Waals surface area contributed by atoms with Gasteiger partial charge >= 0.3 is 5.97 Å². The number of piperazine rings is 1. The van der Waals surface area contributed by atoms with Crippen LogP contribution in [0.25, 0.3) is 0 Å². The molecule has 1 aliphatic heterocycles. The summed E-state index contributed by atoms with van der Waals surface area (Å²) in [7, 11) is 0. The molecule has 0 bridgehead atoms. The second kappa shape index (κ2) is 8.87. The number of carbonyl (C=O) groups is 2. The zero-order valence-electron chi connectivity index (χ0n) is 16.7. The standard InChI is InChI=1S/C20H24BrN5O3/c1-20(2,3)19(28)29-26-11-9-25(10-12-26)16-7-8-22-13-15(16)24-18(27)14-5-4-6-17(21)23-14/h4-8,13H,9-12H2,1-3H3,(H,24,27). The second-order valence-corrected chi connectivity index (χ2v) is 8.55. The molecule has 1 fully saturated rings. The van der Waals surface area contributed by atoms with Crippen LogP contribution in [0, 0.1) is 5.41 Å². The summed E-state index contributed by atoms with van der Waals surface area (Å²) in [5.41, 5.74) is 1.25. The fraction of sp³-hybridized carbons (Fsp3) is 0.400. The molecule has 1 N–H and O–H groups in total. The molecule has 0 radical (unpaired) electrons. The molecule has 29 heavy (non-hydrogen) atoms. The average Bonchev–Trinajstić information content (AvgIpc) is 2.68. The first-order valence-electron chi connectivity index (χ1n) is 9.34. The zero-order chi connectivity index (χ0) is 21.0. The van der Waals surface area contributed by atoms with Crippen LogP contribution in [0.1, 0.15) is 31.3 Å². The molecule has 2 aromatic heterocycles. The smallest absolute Gasteiger partial charge is 0.330 e. The van der Waals surface area contributed by atoms with Gasteiger partial charge in [-0.25, -0.2) is 9.78 Å². The normalized spacial score (nSPS) is 15.1. The lowest BCUT2D eigenvalue weighted by Crippen LogP contribution is -2.48. The Hall–Kier alpha value is -2.52. The molecule has 3 rings (SSSR count). The summed E-state index contributed by atoms with van der Waals surface area (Å²) in [4.78, 5) is 40.6. The minimum Gasteiger partial charge on any atom is -0.367 e. The van der Waals surface area contributed by atoms with Gasteiger partial charge in [-0.2, -0.15) is 0 Å². The number of hydrogen-bond donors (Lipinski definition) is 1. The van der Waals surface area contributed by atoms with Gasteiger partial charge in [-0.1, -0.05) is 6.07 Å². The van der Waals surface area contributed by atoms with Gasteiger partial charge in [0.1, 0.15) is 10.3 Å². The highest BCUT2D eigenvalue weighted by atomic mass is 79.9. The lowest BCUT2D eigenvalue weighted by molar-refractivity contribution is -0.201. The fourth-order valence-electron chi connectivity index (χ4n) is 2.75. The van der Waals surface area contributed by atoms with Crippen LogP contribution in [0.5, 0.6) is 0 Å². The molecule has 0 aliphatic carbocycles. The maximum absolute atomic E-state index is 12.6. The maximum atomic E-state index is 12.6. The molecule has 0 aromatic carbocycles. The van der Waals surface area contributed by atoms with E-state index in [1.54, 1.807) is 35.7 Å². The van der Waals surface area contributed by atoms with Gasteiger partial charge < -0.3 is 15.1 Å². The van der Waals surface area contributed by atoms with Crippen molar-refractivity contribution in [3.05, 3.63) is 47.0 Å². The summed E-state index contributed by atoms with van der Waals surface area (Å²) in [6.45, 7) is 7.95. The number of carbonyl (C=O) groups excluding carboxylic acids is 2. The molecule has 0 saturated carbocycles. The van der Waals surface area contributed by atoms with E-state index in [0.29, 0.717) is 42.2 Å². The van der Waals surface area contributed by atoms with Gasteiger partial charge in [0, 0.05) is 19.3 Å². The Balaban J connectivity index is 1.65. The lowest BCUT2D eigenvalue weighted by Gasteiger charge is -2.36. The summed E-state index contributed by atoms with van der Waals surface area (Å²) in [6, 6.07) is 7.03. The van der Waals surface area contributed by atoms with E-state index < -0.39 is 5.41 Å². The van der Waals surface area contributed by atoms with Crippen LogP contribution < -0.4 is 10.2 Å². The quantitative estimate of drug-likeness (QED) is 0.699. The first-order chi connectivity index (χ1) is 13.7. The largest absolute Gasteiger partial charge is 0.367 e. The molecule has 1 amide bonds. The number of nitrogens with zero attached hydrogens (tertiary/aromatic N) is 4.